The van der Waals surface area contributed by atoms with Crippen molar-refractivity contribution in [3.63, 3.8) is 0 Å². The maximum absolute atomic E-state index is 11.1. The van der Waals surface area contributed by atoms with Gasteiger partial charge in [0.15, 0.2) is 0 Å². The number of carbonyl (C=O) groups is 1. The third kappa shape index (κ3) is 3.14. The second-order valence-electron chi connectivity index (χ2n) is 2.98. The zero-order valence-electron chi connectivity index (χ0n) is 8.29. The molecular weight excluding hydrogens is 260 g/mol. The minimum atomic E-state index is -0.164. The van der Waals surface area contributed by atoms with E-state index in [1.54, 1.807) is 18.7 Å². The standard InChI is InChI=1S/C11H13BrOS/c1-3-14-10-6-4-9(5-7-10)11(12)8(2)13/h4-7,11H,3H2,1-2H3. The topological polar surface area (TPSA) is 17.1 Å². The summed E-state index contributed by atoms with van der Waals surface area (Å²) in [4.78, 5) is 12.2. The first kappa shape index (κ1) is 11.8. The van der Waals surface area contributed by atoms with Gasteiger partial charge in [0.1, 0.15) is 5.78 Å². The highest BCUT2D eigenvalue weighted by Gasteiger charge is 2.11. The number of alkyl halides is 1. The Bertz CT molecular complexity index is 308. The molecule has 14 heavy (non-hydrogen) atoms. The summed E-state index contributed by atoms with van der Waals surface area (Å²) in [6, 6.07) is 8.11. The zero-order valence-corrected chi connectivity index (χ0v) is 10.7. The maximum atomic E-state index is 11.1. The van der Waals surface area contributed by atoms with E-state index in [9.17, 15) is 4.79 Å². The lowest BCUT2D eigenvalue weighted by Gasteiger charge is -2.06. The number of Topliss-reactive ketones (excluding diaryl/α,β-unsaturated/α-hetero) is 1. The van der Waals surface area contributed by atoms with Crippen LogP contribution in [0.5, 0.6) is 0 Å². The number of rotatable bonds is 4. The van der Waals surface area contributed by atoms with Gasteiger partial charge in [-0.1, -0.05) is 35.0 Å². The molecule has 0 N–H and O–H groups in total. The van der Waals surface area contributed by atoms with Crippen LogP contribution in [-0.4, -0.2) is 11.5 Å². The normalized spacial score (nSPS) is 12.5. The number of ketones is 1. The van der Waals surface area contributed by atoms with Gasteiger partial charge in [0.25, 0.3) is 0 Å². The fourth-order valence-corrected chi connectivity index (χ4v) is 2.10. The largest absolute Gasteiger partial charge is 0.298 e. The Hall–Kier alpha value is -0.280. The molecular formula is C11H13BrOS. The fourth-order valence-electron chi connectivity index (χ4n) is 1.13. The Morgan fingerprint density at radius 3 is 2.43 bits per heavy atom. The Balaban J connectivity index is 2.77. The molecule has 0 bridgehead atoms. The summed E-state index contributed by atoms with van der Waals surface area (Å²) in [6.07, 6.45) is 0. The molecule has 0 radical (unpaired) electrons. The van der Waals surface area contributed by atoms with E-state index in [-0.39, 0.29) is 10.6 Å². The molecule has 76 valence electrons. The number of benzene rings is 1. The lowest BCUT2D eigenvalue weighted by atomic mass is 10.1. The summed E-state index contributed by atoms with van der Waals surface area (Å²) in [6.45, 7) is 3.72. The molecule has 1 nitrogen and oxygen atoms in total. The van der Waals surface area contributed by atoms with E-state index in [2.05, 4.69) is 35.0 Å². The Labute approximate surface area is 97.4 Å². The van der Waals surface area contributed by atoms with Gasteiger partial charge in [-0.3, -0.25) is 4.79 Å². The highest BCUT2D eigenvalue weighted by Crippen LogP contribution is 2.26. The number of thioether (sulfide) groups is 1. The Morgan fingerprint density at radius 1 is 1.43 bits per heavy atom. The summed E-state index contributed by atoms with van der Waals surface area (Å²) < 4.78 is 0. The van der Waals surface area contributed by atoms with Crippen LogP contribution in [0.1, 0.15) is 24.2 Å². The van der Waals surface area contributed by atoms with Crippen LogP contribution in [0.3, 0.4) is 0 Å². The van der Waals surface area contributed by atoms with Gasteiger partial charge in [-0.25, -0.2) is 0 Å². The minimum absolute atomic E-state index is 0.140. The first-order valence-electron chi connectivity index (χ1n) is 4.52. The molecule has 0 aliphatic carbocycles. The predicted octanol–water partition coefficient (Wildman–Crippen LogP) is 3.82. The molecule has 0 amide bonds. The second-order valence-corrected chi connectivity index (χ2v) is 5.23. The quantitative estimate of drug-likeness (QED) is 0.612. The van der Waals surface area contributed by atoms with E-state index in [0.717, 1.165) is 11.3 Å². The summed E-state index contributed by atoms with van der Waals surface area (Å²) in [5, 5.41) is 0. The molecule has 0 aliphatic rings. The summed E-state index contributed by atoms with van der Waals surface area (Å²) in [7, 11) is 0. The van der Waals surface area contributed by atoms with Gasteiger partial charge >= 0.3 is 0 Å². The van der Waals surface area contributed by atoms with Crippen LogP contribution < -0.4 is 0 Å². The van der Waals surface area contributed by atoms with Crippen molar-refractivity contribution >= 4 is 33.5 Å². The van der Waals surface area contributed by atoms with Crippen molar-refractivity contribution in [3.8, 4) is 0 Å². The van der Waals surface area contributed by atoms with Crippen LogP contribution >= 0.6 is 27.7 Å². The lowest BCUT2D eigenvalue weighted by molar-refractivity contribution is -0.116. The first-order valence-corrected chi connectivity index (χ1v) is 6.42. The van der Waals surface area contributed by atoms with E-state index >= 15 is 0 Å². The van der Waals surface area contributed by atoms with Crippen LogP contribution in [0.25, 0.3) is 0 Å². The van der Waals surface area contributed by atoms with Gasteiger partial charge in [-0.2, -0.15) is 0 Å². The van der Waals surface area contributed by atoms with Crippen molar-refractivity contribution in [3.05, 3.63) is 29.8 Å². The average molecular weight is 273 g/mol. The summed E-state index contributed by atoms with van der Waals surface area (Å²) in [5.74, 6) is 1.21. The predicted molar refractivity (Wildman–Crippen MR) is 65.2 cm³/mol. The smallest absolute Gasteiger partial charge is 0.147 e. The second kappa shape index (κ2) is 5.56. The third-order valence-electron chi connectivity index (χ3n) is 1.84. The van der Waals surface area contributed by atoms with Crippen LogP contribution in [0.4, 0.5) is 0 Å². The molecule has 1 unspecified atom stereocenters. The van der Waals surface area contributed by atoms with Crippen molar-refractivity contribution in [2.24, 2.45) is 0 Å². The van der Waals surface area contributed by atoms with Crippen LogP contribution in [0.15, 0.2) is 29.2 Å². The Morgan fingerprint density at radius 2 is 2.00 bits per heavy atom. The molecule has 0 saturated carbocycles. The van der Waals surface area contributed by atoms with Crippen molar-refractivity contribution in [1.82, 2.24) is 0 Å². The van der Waals surface area contributed by atoms with E-state index in [1.165, 1.54) is 4.90 Å². The van der Waals surface area contributed by atoms with E-state index in [1.807, 2.05) is 12.1 Å². The van der Waals surface area contributed by atoms with Gasteiger partial charge < -0.3 is 0 Å². The molecule has 0 spiro atoms. The molecule has 1 rings (SSSR count). The average Bonchev–Trinajstić information content (AvgIpc) is 2.18. The van der Waals surface area contributed by atoms with E-state index in [0.29, 0.717) is 0 Å². The van der Waals surface area contributed by atoms with Gasteiger partial charge in [0.05, 0.1) is 4.83 Å². The SMILES string of the molecule is CCSc1ccc(C(Br)C(C)=O)cc1. The molecule has 1 aromatic rings. The van der Waals surface area contributed by atoms with Crippen molar-refractivity contribution < 1.29 is 4.79 Å². The third-order valence-corrected chi connectivity index (χ3v) is 3.91. The number of halogens is 1. The van der Waals surface area contributed by atoms with Gasteiger partial charge in [0.2, 0.25) is 0 Å². The maximum Gasteiger partial charge on any atom is 0.147 e. The van der Waals surface area contributed by atoms with E-state index in [4.69, 9.17) is 0 Å². The van der Waals surface area contributed by atoms with Crippen molar-refractivity contribution in [2.75, 3.05) is 5.75 Å². The zero-order chi connectivity index (χ0) is 10.6. The highest BCUT2D eigenvalue weighted by molar-refractivity contribution is 9.09. The molecule has 3 heteroatoms. The summed E-state index contributed by atoms with van der Waals surface area (Å²) >= 11 is 5.16. The van der Waals surface area contributed by atoms with Crippen molar-refractivity contribution in [1.29, 1.82) is 0 Å². The van der Waals surface area contributed by atoms with Crippen LogP contribution in [-0.2, 0) is 4.79 Å². The molecule has 0 aliphatic heterocycles. The van der Waals surface area contributed by atoms with Gasteiger partial charge in [-0.05, 0) is 30.4 Å². The van der Waals surface area contributed by atoms with Crippen molar-refractivity contribution in [2.45, 2.75) is 23.6 Å². The number of carbonyl (C=O) groups excluding carboxylic acids is 1. The molecule has 0 heterocycles. The molecule has 1 atom stereocenters. The van der Waals surface area contributed by atoms with Gasteiger partial charge in [0, 0.05) is 4.90 Å². The number of hydrogen-bond acceptors (Lipinski definition) is 2. The molecule has 0 fully saturated rings. The van der Waals surface area contributed by atoms with Gasteiger partial charge in [-0.15, -0.1) is 11.8 Å². The van der Waals surface area contributed by atoms with E-state index < -0.39 is 0 Å². The van der Waals surface area contributed by atoms with Crippen LogP contribution in [0, 0.1) is 0 Å². The molecule has 1 aromatic carbocycles. The molecule has 0 saturated heterocycles. The highest BCUT2D eigenvalue weighted by atomic mass is 79.9. The van der Waals surface area contributed by atoms with Crippen LogP contribution in [0.2, 0.25) is 0 Å². The minimum Gasteiger partial charge on any atom is -0.298 e. The monoisotopic (exact) mass is 272 g/mol. The fraction of sp³-hybridized carbons (Fsp3) is 0.364. The molecule has 0 aromatic heterocycles. The number of hydrogen-bond donors (Lipinski definition) is 0. The first-order chi connectivity index (χ1) is 6.65. The Kier molecular flexibility index (Phi) is 4.69. The lowest BCUT2D eigenvalue weighted by Crippen LogP contribution is -2.00. The summed E-state index contributed by atoms with van der Waals surface area (Å²) in [5.41, 5.74) is 1.03.